The van der Waals surface area contributed by atoms with E-state index in [0.717, 1.165) is 26.8 Å². The molecule has 5 nitrogen and oxygen atoms in total. The first-order chi connectivity index (χ1) is 11.5. The van der Waals surface area contributed by atoms with Crippen LogP contribution in [0, 0.1) is 13.8 Å². The Bertz CT molecular complexity index is 853. The van der Waals surface area contributed by atoms with Crippen molar-refractivity contribution in [1.29, 1.82) is 0 Å². The van der Waals surface area contributed by atoms with Crippen molar-refractivity contribution in [1.82, 2.24) is 20.1 Å². The number of carbonyl (C=O) groups excluding carboxylic acids is 1. The number of benzene rings is 1. The number of thiazole rings is 1. The number of amides is 1. The van der Waals surface area contributed by atoms with Crippen LogP contribution in [0.2, 0.25) is 0 Å². The molecule has 1 amide bonds. The Balaban J connectivity index is 1.90. The molecule has 1 atom stereocenters. The quantitative estimate of drug-likeness (QED) is 0.781. The molecule has 3 rings (SSSR count). The summed E-state index contributed by atoms with van der Waals surface area (Å²) in [5, 5.41) is 8.03. The molecule has 0 unspecified atom stereocenters. The Morgan fingerprint density at radius 1 is 1.25 bits per heavy atom. The van der Waals surface area contributed by atoms with E-state index in [4.69, 9.17) is 0 Å². The molecule has 2 aromatic heterocycles. The molecule has 3 aromatic rings. The van der Waals surface area contributed by atoms with Gasteiger partial charge in [-0.25, -0.2) is 4.98 Å². The number of aromatic nitrogens is 3. The molecular formula is C18H20N4OS. The monoisotopic (exact) mass is 340 g/mol. The zero-order chi connectivity index (χ0) is 17.3. The maximum atomic E-state index is 13.0. The van der Waals surface area contributed by atoms with Crippen LogP contribution in [0.1, 0.15) is 38.9 Å². The van der Waals surface area contributed by atoms with E-state index in [-0.39, 0.29) is 11.9 Å². The SMILES string of the molecule is Cc1nc([C@H](C)N(C)C(=O)c2cn[nH]c2-c2ccccc2)c(C)s1. The molecule has 0 fully saturated rings. The minimum atomic E-state index is -0.0963. The predicted molar refractivity (Wildman–Crippen MR) is 96.1 cm³/mol. The van der Waals surface area contributed by atoms with E-state index >= 15 is 0 Å². The molecular weight excluding hydrogens is 320 g/mol. The molecule has 0 aliphatic rings. The standard InChI is InChI=1S/C18H20N4OS/c1-11(16-12(2)24-13(3)20-16)22(4)18(23)15-10-19-21-17(15)14-8-6-5-7-9-14/h5-11H,1-4H3,(H,19,21)/t11-/m0/s1. The zero-order valence-corrected chi connectivity index (χ0v) is 15.0. The summed E-state index contributed by atoms with van der Waals surface area (Å²) < 4.78 is 0. The Hall–Kier alpha value is -2.47. The average Bonchev–Trinajstić information content (AvgIpc) is 3.20. The van der Waals surface area contributed by atoms with Gasteiger partial charge in [-0.15, -0.1) is 11.3 Å². The Morgan fingerprint density at radius 3 is 2.58 bits per heavy atom. The first-order valence-corrected chi connectivity index (χ1v) is 8.60. The van der Waals surface area contributed by atoms with Gasteiger partial charge in [0.1, 0.15) is 0 Å². The second-order valence-electron chi connectivity index (χ2n) is 5.79. The van der Waals surface area contributed by atoms with Crippen molar-refractivity contribution in [3.8, 4) is 11.3 Å². The summed E-state index contributed by atoms with van der Waals surface area (Å²) in [4.78, 5) is 20.4. The third kappa shape index (κ3) is 2.97. The highest BCUT2D eigenvalue weighted by molar-refractivity contribution is 7.11. The zero-order valence-electron chi connectivity index (χ0n) is 14.2. The highest BCUT2D eigenvalue weighted by atomic mass is 32.1. The van der Waals surface area contributed by atoms with Crippen molar-refractivity contribution >= 4 is 17.2 Å². The number of nitrogens with one attached hydrogen (secondary N) is 1. The number of H-pyrrole nitrogens is 1. The predicted octanol–water partition coefficient (Wildman–Crippen LogP) is 3.98. The first-order valence-electron chi connectivity index (χ1n) is 7.79. The smallest absolute Gasteiger partial charge is 0.257 e. The van der Waals surface area contributed by atoms with Crippen LogP contribution in [0.25, 0.3) is 11.3 Å². The maximum absolute atomic E-state index is 13.0. The van der Waals surface area contributed by atoms with Gasteiger partial charge in [-0.2, -0.15) is 5.10 Å². The fraction of sp³-hybridized carbons (Fsp3) is 0.278. The number of carbonyl (C=O) groups is 1. The lowest BCUT2D eigenvalue weighted by molar-refractivity contribution is 0.0740. The van der Waals surface area contributed by atoms with Crippen molar-refractivity contribution in [3.63, 3.8) is 0 Å². The number of rotatable bonds is 4. The minimum absolute atomic E-state index is 0.0693. The molecule has 24 heavy (non-hydrogen) atoms. The fourth-order valence-electron chi connectivity index (χ4n) is 2.76. The van der Waals surface area contributed by atoms with Crippen LogP contribution >= 0.6 is 11.3 Å². The van der Waals surface area contributed by atoms with Crippen LogP contribution in [0.3, 0.4) is 0 Å². The lowest BCUT2D eigenvalue weighted by atomic mass is 10.1. The van der Waals surface area contributed by atoms with Gasteiger partial charge in [0.15, 0.2) is 0 Å². The summed E-state index contributed by atoms with van der Waals surface area (Å²) in [5.41, 5.74) is 3.21. The second-order valence-corrected chi connectivity index (χ2v) is 7.20. The lowest BCUT2D eigenvalue weighted by Crippen LogP contribution is -2.30. The summed E-state index contributed by atoms with van der Waals surface area (Å²) in [6.45, 7) is 6.03. The average molecular weight is 340 g/mol. The van der Waals surface area contributed by atoms with Gasteiger partial charge in [0.2, 0.25) is 0 Å². The van der Waals surface area contributed by atoms with Gasteiger partial charge in [-0.1, -0.05) is 30.3 Å². The van der Waals surface area contributed by atoms with Crippen molar-refractivity contribution < 1.29 is 4.79 Å². The van der Waals surface area contributed by atoms with E-state index in [1.807, 2.05) is 58.2 Å². The Morgan fingerprint density at radius 2 is 1.96 bits per heavy atom. The Labute approximate surface area is 145 Å². The van der Waals surface area contributed by atoms with Gasteiger partial charge in [-0.3, -0.25) is 9.89 Å². The molecule has 0 aliphatic carbocycles. The molecule has 0 saturated carbocycles. The third-order valence-electron chi connectivity index (χ3n) is 4.17. The van der Waals surface area contributed by atoms with Crippen molar-refractivity contribution in [3.05, 3.63) is 57.7 Å². The van der Waals surface area contributed by atoms with Crippen molar-refractivity contribution in [2.75, 3.05) is 7.05 Å². The van der Waals surface area contributed by atoms with Crippen LogP contribution in [0.5, 0.6) is 0 Å². The summed E-state index contributed by atoms with van der Waals surface area (Å²) in [7, 11) is 1.81. The van der Waals surface area contributed by atoms with E-state index < -0.39 is 0 Å². The van der Waals surface area contributed by atoms with Crippen LogP contribution in [0.4, 0.5) is 0 Å². The van der Waals surface area contributed by atoms with Gasteiger partial charge in [0, 0.05) is 17.5 Å². The topological polar surface area (TPSA) is 61.9 Å². The van der Waals surface area contributed by atoms with E-state index in [1.54, 1.807) is 22.4 Å². The highest BCUT2D eigenvalue weighted by Crippen LogP contribution is 2.28. The number of aromatic amines is 1. The molecule has 2 heterocycles. The summed E-state index contributed by atoms with van der Waals surface area (Å²) in [6.07, 6.45) is 1.59. The normalized spacial score (nSPS) is 12.2. The summed E-state index contributed by atoms with van der Waals surface area (Å²) in [5.74, 6) is -0.0693. The first kappa shape index (κ1) is 16.4. The molecule has 1 N–H and O–H groups in total. The molecule has 0 aliphatic heterocycles. The Kier molecular flexibility index (Phi) is 4.49. The van der Waals surface area contributed by atoms with Gasteiger partial charge in [0.25, 0.3) is 5.91 Å². The van der Waals surface area contributed by atoms with E-state index in [2.05, 4.69) is 15.2 Å². The summed E-state index contributed by atoms with van der Waals surface area (Å²) >= 11 is 1.66. The molecule has 124 valence electrons. The largest absolute Gasteiger partial charge is 0.333 e. The molecule has 0 saturated heterocycles. The summed E-state index contributed by atoms with van der Waals surface area (Å²) in [6, 6.07) is 9.66. The number of hydrogen-bond donors (Lipinski definition) is 1. The van der Waals surface area contributed by atoms with Crippen molar-refractivity contribution in [2.24, 2.45) is 0 Å². The van der Waals surface area contributed by atoms with E-state index in [0.29, 0.717) is 5.56 Å². The van der Waals surface area contributed by atoms with Crippen LogP contribution in [-0.4, -0.2) is 33.0 Å². The highest BCUT2D eigenvalue weighted by Gasteiger charge is 2.25. The molecule has 0 spiro atoms. The number of aryl methyl sites for hydroxylation is 2. The second kappa shape index (κ2) is 6.57. The number of hydrogen-bond acceptors (Lipinski definition) is 4. The van der Waals surface area contributed by atoms with Crippen molar-refractivity contribution in [2.45, 2.75) is 26.8 Å². The van der Waals surface area contributed by atoms with Gasteiger partial charge in [0.05, 0.1) is 34.2 Å². The minimum Gasteiger partial charge on any atom is -0.333 e. The number of nitrogens with zero attached hydrogens (tertiary/aromatic N) is 3. The van der Waals surface area contributed by atoms with E-state index in [9.17, 15) is 4.79 Å². The van der Waals surface area contributed by atoms with Gasteiger partial charge >= 0.3 is 0 Å². The van der Waals surface area contributed by atoms with E-state index in [1.165, 1.54) is 0 Å². The lowest BCUT2D eigenvalue weighted by Gasteiger charge is -2.24. The molecule has 0 radical (unpaired) electrons. The fourth-order valence-corrected chi connectivity index (χ4v) is 3.66. The maximum Gasteiger partial charge on any atom is 0.257 e. The van der Waals surface area contributed by atoms with Gasteiger partial charge in [-0.05, 0) is 20.8 Å². The molecule has 0 bridgehead atoms. The van der Waals surface area contributed by atoms with Crippen LogP contribution in [-0.2, 0) is 0 Å². The third-order valence-corrected chi connectivity index (χ3v) is 5.07. The van der Waals surface area contributed by atoms with Crippen LogP contribution < -0.4 is 0 Å². The van der Waals surface area contributed by atoms with Crippen LogP contribution in [0.15, 0.2) is 36.5 Å². The van der Waals surface area contributed by atoms with Gasteiger partial charge < -0.3 is 4.90 Å². The molecule has 6 heteroatoms. The molecule has 1 aromatic carbocycles.